The molecule has 102 valence electrons. The van der Waals surface area contributed by atoms with Crippen molar-refractivity contribution in [2.45, 2.75) is 44.4 Å². The molecule has 0 radical (unpaired) electrons. The number of unbranched alkanes of at least 4 members (excludes halogenated alkanes) is 3. The van der Waals surface area contributed by atoms with Crippen molar-refractivity contribution in [2.75, 3.05) is 11.8 Å². The fourth-order valence-electron chi connectivity index (χ4n) is 2.18. The maximum Gasteiger partial charge on any atom is 0.0408 e. The standard InChI is InChI=1S/C15H21Cl3/c1-2-3-4-5-9-15(11-16,12-17)13-7-6-8-14(18)10-13/h6-8,10H,2-5,9,11-12H2,1H3. The van der Waals surface area contributed by atoms with Gasteiger partial charge in [0.05, 0.1) is 0 Å². The molecule has 3 heteroatoms. The number of rotatable bonds is 8. The largest absolute Gasteiger partial charge is 0.126 e. The number of halogens is 3. The summed E-state index contributed by atoms with van der Waals surface area (Å²) in [6.45, 7) is 2.22. The van der Waals surface area contributed by atoms with E-state index < -0.39 is 0 Å². The third kappa shape index (κ3) is 4.33. The van der Waals surface area contributed by atoms with Gasteiger partial charge in [0, 0.05) is 22.2 Å². The minimum atomic E-state index is -0.137. The first kappa shape index (κ1) is 16.1. The molecule has 0 spiro atoms. The summed E-state index contributed by atoms with van der Waals surface area (Å²) in [6, 6.07) is 7.93. The Morgan fingerprint density at radius 2 is 1.78 bits per heavy atom. The third-order valence-corrected chi connectivity index (χ3v) is 4.72. The van der Waals surface area contributed by atoms with Crippen molar-refractivity contribution in [1.82, 2.24) is 0 Å². The second kappa shape index (κ2) is 8.30. The lowest BCUT2D eigenvalue weighted by Gasteiger charge is -2.30. The summed E-state index contributed by atoms with van der Waals surface area (Å²) in [5.74, 6) is 1.09. The molecule has 0 atom stereocenters. The van der Waals surface area contributed by atoms with E-state index >= 15 is 0 Å². The Morgan fingerprint density at radius 1 is 1.06 bits per heavy atom. The van der Waals surface area contributed by atoms with Gasteiger partial charge in [-0.3, -0.25) is 0 Å². The smallest absolute Gasteiger partial charge is 0.0408 e. The van der Waals surface area contributed by atoms with E-state index in [1.165, 1.54) is 25.7 Å². The predicted molar refractivity (Wildman–Crippen MR) is 83.3 cm³/mol. The number of hydrogen-bond donors (Lipinski definition) is 0. The van der Waals surface area contributed by atoms with Gasteiger partial charge in [0.2, 0.25) is 0 Å². The molecule has 0 amide bonds. The molecule has 0 bridgehead atoms. The highest BCUT2D eigenvalue weighted by Gasteiger charge is 2.30. The summed E-state index contributed by atoms with van der Waals surface area (Å²) >= 11 is 18.5. The normalized spacial score (nSPS) is 11.8. The highest BCUT2D eigenvalue weighted by Crippen LogP contribution is 2.34. The van der Waals surface area contributed by atoms with E-state index in [0.29, 0.717) is 11.8 Å². The van der Waals surface area contributed by atoms with Crippen LogP contribution >= 0.6 is 34.8 Å². The Morgan fingerprint density at radius 3 is 2.33 bits per heavy atom. The lowest BCUT2D eigenvalue weighted by molar-refractivity contribution is 0.456. The zero-order chi connectivity index (χ0) is 13.4. The first-order chi connectivity index (χ1) is 8.68. The number of benzene rings is 1. The van der Waals surface area contributed by atoms with Gasteiger partial charge in [0.25, 0.3) is 0 Å². The zero-order valence-electron chi connectivity index (χ0n) is 10.9. The molecule has 0 aliphatic carbocycles. The monoisotopic (exact) mass is 306 g/mol. The Labute approximate surface area is 126 Å². The zero-order valence-corrected chi connectivity index (χ0v) is 13.2. The highest BCUT2D eigenvalue weighted by atomic mass is 35.5. The summed E-state index contributed by atoms with van der Waals surface area (Å²) in [7, 11) is 0. The summed E-state index contributed by atoms with van der Waals surface area (Å²) in [5, 5.41) is 0.751. The van der Waals surface area contributed by atoms with E-state index in [9.17, 15) is 0 Å². The van der Waals surface area contributed by atoms with Crippen LogP contribution in [0, 0.1) is 0 Å². The molecular formula is C15H21Cl3. The Balaban J connectivity index is 2.79. The van der Waals surface area contributed by atoms with Gasteiger partial charge >= 0.3 is 0 Å². The molecule has 0 nitrogen and oxygen atoms in total. The highest BCUT2D eigenvalue weighted by molar-refractivity contribution is 6.30. The average Bonchev–Trinajstić information content (AvgIpc) is 2.40. The van der Waals surface area contributed by atoms with Crippen LogP contribution in [-0.2, 0) is 5.41 Å². The Hall–Kier alpha value is 0.0900. The molecule has 1 rings (SSSR count). The van der Waals surface area contributed by atoms with Gasteiger partial charge in [-0.25, -0.2) is 0 Å². The quantitative estimate of drug-likeness (QED) is 0.406. The van der Waals surface area contributed by atoms with E-state index in [4.69, 9.17) is 34.8 Å². The number of alkyl halides is 2. The Bertz CT molecular complexity index is 345. The third-order valence-electron chi connectivity index (χ3n) is 3.46. The van der Waals surface area contributed by atoms with Gasteiger partial charge in [0.1, 0.15) is 0 Å². The molecule has 18 heavy (non-hydrogen) atoms. The van der Waals surface area contributed by atoms with Crippen molar-refractivity contribution in [3.8, 4) is 0 Å². The van der Waals surface area contributed by atoms with Crippen molar-refractivity contribution >= 4 is 34.8 Å². The van der Waals surface area contributed by atoms with Gasteiger partial charge in [-0.05, 0) is 24.1 Å². The second-order valence-corrected chi connectivity index (χ2v) is 5.84. The van der Waals surface area contributed by atoms with Crippen LogP contribution in [0.1, 0.15) is 44.6 Å². The van der Waals surface area contributed by atoms with Gasteiger partial charge in [-0.1, -0.05) is 56.3 Å². The molecule has 0 unspecified atom stereocenters. The summed E-state index contributed by atoms with van der Waals surface area (Å²) in [4.78, 5) is 0. The maximum absolute atomic E-state index is 6.20. The fourth-order valence-corrected chi connectivity index (χ4v) is 3.23. The fraction of sp³-hybridized carbons (Fsp3) is 0.600. The SMILES string of the molecule is CCCCCCC(CCl)(CCl)c1cccc(Cl)c1. The van der Waals surface area contributed by atoms with Crippen LogP contribution in [0.2, 0.25) is 5.02 Å². The molecule has 1 aromatic carbocycles. The molecule has 0 saturated carbocycles. The van der Waals surface area contributed by atoms with E-state index in [2.05, 4.69) is 13.0 Å². The topological polar surface area (TPSA) is 0 Å². The molecular weight excluding hydrogens is 287 g/mol. The molecule has 0 fully saturated rings. The molecule has 0 aliphatic rings. The van der Waals surface area contributed by atoms with Crippen LogP contribution in [0.5, 0.6) is 0 Å². The van der Waals surface area contributed by atoms with Crippen molar-refractivity contribution in [1.29, 1.82) is 0 Å². The van der Waals surface area contributed by atoms with Crippen molar-refractivity contribution in [3.63, 3.8) is 0 Å². The first-order valence-electron chi connectivity index (χ1n) is 6.56. The van der Waals surface area contributed by atoms with Crippen LogP contribution < -0.4 is 0 Å². The van der Waals surface area contributed by atoms with Gasteiger partial charge in [-0.15, -0.1) is 23.2 Å². The molecule has 0 saturated heterocycles. The lowest BCUT2D eigenvalue weighted by atomic mass is 9.79. The van der Waals surface area contributed by atoms with Crippen LogP contribution in [0.25, 0.3) is 0 Å². The Kier molecular flexibility index (Phi) is 7.44. The average molecular weight is 308 g/mol. The van der Waals surface area contributed by atoms with Gasteiger partial charge < -0.3 is 0 Å². The van der Waals surface area contributed by atoms with E-state index in [0.717, 1.165) is 17.0 Å². The minimum Gasteiger partial charge on any atom is -0.126 e. The molecule has 0 N–H and O–H groups in total. The lowest BCUT2D eigenvalue weighted by Crippen LogP contribution is -2.30. The van der Waals surface area contributed by atoms with Gasteiger partial charge in [0.15, 0.2) is 0 Å². The van der Waals surface area contributed by atoms with Crippen LogP contribution in [-0.4, -0.2) is 11.8 Å². The maximum atomic E-state index is 6.20. The van der Waals surface area contributed by atoms with Gasteiger partial charge in [-0.2, -0.15) is 0 Å². The minimum absolute atomic E-state index is 0.137. The molecule has 0 aliphatic heterocycles. The predicted octanol–water partition coefficient (Wildman–Crippen LogP) is 6.03. The van der Waals surface area contributed by atoms with Crippen molar-refractivity contribution < 1.29 is 0 Å². The van der Waals surface area contributed by atoms with Crippen LogP contribution in [0.3, 0.4) is 0 Å². The van der Waals surface area contributed by atoms with Crippen LogP contribution in [0.4, 0.5) is 0 Å². The summed E-state index contributed by atoms with van der Waals surface area (Å²) in [6.07, 6.45) is 5.95. The summed E-state index contributed by atoms with van der Waals surface area (Å²) < 4.78 is 0. The second-order valence-electron chi connectivity index (χ2n) is 4.87. The van der Waals surface area contributed by atoms with Crippen molar-refractivity contribution in [2.24, 2.45) is 0 Å². The number of hydrogen-bond acceptors (Lipinski definition) is 0. The van der Waals surface area contributed by atoms with Crippen LogP contribution in [0.15, 0.2) is 24.3 Å². The van der Waals surface area contributed by atoms with E-state index in [1.807, 2.05) is 18.2 Å². The molecule has 0 heterocycles. The van der Waals surface area contributed by atoms with E-state index in [1.54, 1.807) is 0 Å². The van der Waals surface area contributed by atoms with Crippen molar-refractivity contribution in [3.05, 3.63) is 34.9 Å². The molecule has 1 aromatic rings. The summed E-state index contributed by atoms with van der Waals surface area (Å²) in [5.41, 5.74) is 1.03. The van der Waals surface area contributed by atoms with E-state index in [-0.39, 0.29) is 5.41 Å². The first-order valence-corrected chi connectivity index (χ1v) is 8.01. The molecule has 0 aromatic heterocycles.